The van der Waals surface area contributed by atoms with E-state index in [1.54, 1.807) is 25.4 Å². The third-order valence-electron chi connectivity index (χ3n) is 4.81. The van der Waals surface area contributed by atoms with Crippen LogP contribution < -0.4 is 14.8 Å². The SMILES string of the molecule is COc1cccc(Oc2ccc(CNC(=O)CCC3CCCC3)cn2)c1. The van der Waals surface area contributed by atoms with Crippen LogP contribution in [-0.4, -0.2) is 18.0 Å². The van der Waals surface area contributed by atoms with Crippen LogP contribution in [0.2, 0.25) is 0 Å². The Kier molecular flexibility index (Phi) is 6.47. The second kappa shape index (κ2) is 9.22. The summed E-state index contributed by atoms with van der Waals surface area (Å²) in [5, 5.41) is 2.97. The molecule has 1 fully saturated rings. The molecule has 0 atom stereocenters. The van der Waals surface area contributed by atoms with Gasteiger partial charge in [0.05, 0.1) is 7.11 Å². The molecule has 0 radical (unpaired) electrons. The molecule has 0 bridgehead atoms. The molecule has 138 valence electrons. The lowest BCUT2D eigenvalue weighted by Gasteiger charge is -2.10. The molecular formula is C21H26N2O3. The summed E-state index contributed by atoms with van der Waals surface area (Å²) in [6.07, 6.45) is 8.57. The van der Waals surface area contributed by atoms with E-state index >= 15 is 0 Å². The Morgan fingerprint density at radius 1 is 1.19 bits per heavy atom. The minimum absolute atomic E-state index is 0.119. The van der Waals surface area contributed by atoms with Crippen molar-refractivity contribution < 1.29 is 14.3 Å². The number of benzene rings is 1. The van der Waals surface area contributed by atoms with Crippen LogP contribution >= 0.6 is 0 Å². The van der Waals surface area contributed by atoms with E-state index in [2.05, 4.69) is 10.3 Å². The van der Waals surface area contributed by atoms with Crippen molar-refractivity contribution in [2.24, 2.45) is 5.92 Å². The molecule has 2 aromatic rings. The van der Waals surface area contributed by atoms with Gasteiger partial charge in [0.25, 0.3) is 0 Å². The topological polar surface area (TPSA) is 60.5 Å². The fourth-order valence-electron chi connectivity index (χ4n) is 3.28. The Hall–Kier alpha value is -2.56. The molecule has 5 heteroatoms. The lowest BCUT2D eigenvalue weighted by molar-refractivity contribution is -0.121. The Bertz CT molecular complexity index is 709. The molecule has 3 rings (SSSR count). The Morgan fingerprint density at radius 3 is 2.73 bits per heavy atom. The number of ether oxygens (including phenoxy) is 2. The molecule has 1 aliphatic carbocycles. The molecule has 1 aromatic carbocycles. The lowest BCUT2D eigenvalue weighted by Crippen LogP contribution is -2.23. The van der Waals surface area contributed by atoms with Gasteiger partial charge in [0.15, 0.2) is 0 Å². The largest absolute Gasteiger partial charge is 0.497 e. The summed E-state index contributed by atoms with van der Waals surface area (Å²) < 4.78 is 10.9. The van der Waals surface area contributed by atoms with Crippen LogP contribution in [0.5, 0.6) is 17.4 Å². The highest BCUT2D eigenvalue weighted by Gasteiger charge is 2.16. The predicted octanol–water partition coefficient (Wildman–Crippen LogP) is 4.47. The van der Waals surface area contributed by atoms with E-state index in [4.69, 9.17) is 9.47 Å². The third-order valence-corrected chi connectivity index (χ3v) is 4.81. The first-order valence-corrected chi connectivity index (χ1v) is 9.26. The molecule has 1 saturated carbocycles. The van der Waals surface area contributed by atoms with Crippen LogP contribution in [0.1, 0.15) is 44.1 Å². The number of hydrogen-bond acceptors (Lipinski definition) is 4. The monoisotopic (exact) mass is 354 g/mol. The number of carbonyl (C=O) groups is 1. The molecule has 5 nitrogen and oxygen atoms in total. The Morgan fingerprint density at radius 2 is 2.00 bits per heavy atom. The first kappa shape index (κ1) is 18.2. The van der Waals surface area contributed by atoms with E-state index < -0.39 is 0 Å². The number of rotatable bonds is 8. The van der Waals surface area contributed by atoms with E-state index in [0.29, 0.717) is 24.6 Å². The smallest absolute Gasteiger partial charge is 0.220 e. The van der Waals surface area contributed by atoms with Crippen molar-refractivity contribution in [2.45, 2.75) is 45.1 Å². The van der Waals surface area contributed by atoms with Gasteiger partial charge in [-0.05, 0) is 30.0 Å². The first-order chi connectivity index (χ1) is 12.7. The Balaban J connectivity index is 1.44. The molecule has 0 unspecified atom stereocenters. The maximum Gasteiger partial charge on any atom is 0.220 e. The summed E-state index contributed by atoms with van der Waals surface area (Å²) in [7, 11) is 1.62. The molecule has 1 amide bonds. The van der Waals surface area contributed by atoms with Gasteiger partial charge in [-0.2, -0.15) is 0 Å². The van der Waals surface area contributed by atoms with E-state index in [-0.39, 0.29) is 5.91 Å². The van der Waals surface area contributed by atoms with Crippen LogP contribution in [0, 0.1) is 5.92 Å². The standard InChI is InChI=1S/C21H26N2O3/c1-25-18-7-4-8-19(13-18)26-21-12-10-17(15-23-21)14-22-20(24)11-9-16-5-2-3-6-16/h4,7-8,10,12-13,15-16H,2-3,5-6,9,11,14H2,1H3,(H,22,24). The highest BCUT2D eigenvalue weighted by Crippen LogP contribution is 2.28. The zero-order valence-electron chi connectivity index (χ0n) is 15.2. The minimum Gasteiger partial charge on any atom is -0.497 e. The van der Waals surface area contributed by atoms with Crippen LogP contribution in [-0.2, 0) is 11.3 Å². The molecule has 1 aliphatic rings. The summed E-state index contributed by atoms with van der Waals surface area (Å²) in [6.45, 7) is 0.496. The summed E-state index contributed by atoms with van der Waals surface area (Å²) in [5.41, 5.74) is 0.956. The molecule has 0 aliphatic heterocycles. The summed E-state index contributed by atoms with van der Waals surface area (Å²) in [4.78, 5) is 16.3. The van der Waals surface area contributed by atoms with Gasteiger partial charge in [0, 0.05) is 31.3 Å². The van der Waals surface area contributed by atoms with Crippen molar-refractivity contribution in [3.8, 4) is 17.4 Å². The highest BCUT2D eigenvalue weighted by molar-refractivity contribution is 5.75. The number of carbonyl (C=O) groups excluding carboxylic acids is 1. The van der Waals surface area contributed by atoms with Gasteiger partial charge in [-0.15, -0.1) is 0 Å². The number of nitrogens with zero attached hydrogens (tertiary/aromatic N) is 1. The van der Waals surface area contributed by atoms with Gasteiger partial charge in [-0.3, -0.25) is 4.79 Å². The van der Waals surface area contributed by atoms with Crippen LogP contribution in [0.4, 0.5) is 0 Å². The number of methoxy groups -OCH3 is 1. The number of nitrogens with one attached hydrogen (secondary N) is 1. The van der Waals surface area contributed by atoms with Crippen molar-refractivity contribution in [1.29, 1.82) is 0 Å². The lowest BCUT2D eigenvalue weighted by atomic mass is 10.0. The fourth-order valence-corrected chi connectivity index (χ4v) is 3.28. The van der Waals surface area contributed by atoms with E-state index in [9.17, 15) is 4.79 Å². The van der Waals surface area contributed by atoms with E-state index in [1.807, 2.05) is 24.3 Å². The van der Waals surface area contributed by atoms with E-state index in [1.165, 1.54) is 25.7 Å². The second-order valence-corrected chi connectivity index (χ2v) is 6.75. The molecule has 1 aromatic heterocycles. The molecule has 0 spiro atoms. The first-order valence-electron chi connectivity index (χ1n) is 9.26. The predicted molar refractivity (Wildman–Crippen MR) is 100 cm³/mol. The summed E-state index contributed by atoms with van der Waals surface area (Å²) >= 11 is 0. The number of pyridine rings is 1. The minimum atomic E-state index is 0.119. The third kappa shape index (κ3) is 5.48. The Labute approximate surface area is 154 Å². The highest BCUT2D eigenvalue weighted by atomic mass is 16.5. The van der Waals surface area contributed by atoms with Gasteiger partial charge >= 0.3 is 0 Å². The van der Waals surface area contributed by atoms with Gasteiger partial charge < -0.3 is 14.8 Å². The average molecular weight is 354 g/mol. The normalized spacial score (nSPS) is 14.2. The van der Waals surface area contributed by atoms with Gasteiger partial charge in [-0.25, -0.2) is 4.98 Å². The van der Waals surface area contributed by atoms with Gasteiger partial charge in [-0.1, -0.05) is 37.8 Å². The molecular weight excluding hydrogens is 328 g/mol. The van der Waals surface area contributed by atoms with E-state index in [0.717, 1.165) is 23.7 Å². The second-order valence-electron chi connectivity index (χ2n) is 6.75. The van der Waals surface area contributed by atoms with Crippen LogP contribution in [0.3, 0.4) is 0 Å². The molecule has 26 heavy (non-hydrogen) atoms. The van der Waals surface area contributed by atoms with Crippen molar-refractivity contribution in [3.05, 3.63) is 48.2 Å². The fraction of sp³-hybridized carbons (Fsp3) is 0.429. The van der Waals surface area contributed by atoms with Crippen LogP contribution in [0.15, 0.2) is 42.6 Å². The molecule has 1 heterocycles. The average Bonchev–Trinajstić information content (AvgIpc) is 3.19. The zero-order valence-corrected chi connectivity index (χ0v) is 15.2. The summed E-state index contributed by atoms with van der Waals surface area (Å²) in [6, 6.07) is 11.1. The molecule has 0 saturated heterocycles. The molecule has 1 N–H and O–H groups in total. The quantitative estimate of drug-likeness (QED) is 0.760. The van der Waals surface area contributed by atoms with Crippen molar-refractivity contribution in [3.63, 3.8) is 0 Å². The maximum atomic E-state index is 12.0. The maximum absolute atomic E-state index is 12.0. The number of aromatic nitrogens is 1. The zero-order chi connectivity index (χ0) is 18.2. The van der Waals surface area contributed by atoms with Gasteiger partial charge in [0.2, 0.25) is 11.8 Å². The van der Waals surface area contributed by atoms with Crippen LogP contribution in [0.25, 0.3) is 0 Å². The van der Waals surface area contributed by atoms with Gasteiger partial charge in [0.1, 0.15) is 11.5 Å². The van der Waals surface area contributed by atoms with Crippen molar-refractivity contribution in [1.82, 2.24) is 10.3 Å². The number of amides is 1. The summed E-state index contributed by atoms with van der Waals surface area (Å²) in [5.74, 6) is 2.78. The van der Waals surface area contributed by atoms with Crippen molar-refractivity contribution in [2.75, 3.05) is 7.11 Å². The number of hydrogen-bond donors (Lipinski definition) is 1. The van der Waals surface area contributed by atoms with Crippen molar-refractivity contribution >= 4 is 5.91 Å².